The van der Waals surface area contributed by atoms with Crippen LogP contribution in [0.3, 0.4) is 0 Å². The van der Waals surface area contributed by atoms with Crippen LogP contribution in [0.2, 0.25) is 0 Å². The first-order valence-corrected chi connectivity index (χ1v) is 11.3. The first kappa shape index (κ1) is 23.3. The zero-order chi connectivity index (χ0) is 21.2. The van der Waals surface area contributed by atoms with E-state index in [4.69, 9.17) is 0 Å². The molecule has 0 aromatic carbocycles. The lowest BCUT2D eigenvalue weighted by Crippen LogP contribution is -2.50. The summed E-state index contributed by atoms with van der Waals surface area (Å²) in [6.45, 7) is 8.39. The van der Waals surface area contributed by atoms with Crippen LogP contribution in [-0.4, -0.2) is 52.0 Å². The third-order valence-corrected chi connectivity index (χ3v) is 5.67. The van der Waals surface area contributed by atoms with Gasteiger partial charge >= 0.3 is 6.03 Å². The number of carbonyl (C=O) groups is 2. The van der Waals surface area contributed by atoms with Gasteiger partial charge in [-0.1, -0.05) is 46.5 Å². The van der Waals surface area contributed by atoms with Gasteiger partial charge in [-0.15, -0.1) is 0 Å². The minimum absolute atomic E-state index is 0.0230. The molecule has 1 N–H and O–H groups in total. The summed E-state index contributed by atoms with van der Waals surface area (Å²) in [7, 11) is 2.00. The maximum Gasteiger partial charge on any atom is 0.318 e. The molecule has 1 aromatic rings. The average molecular weight is 405 g/mol. The number of unbranched alkanes of at least 4 members (excludes halogenated alkanes) is 1. The molecule has 0 unspecified atom stereocenters. The summed E-state index contributed by atoms with van der Waals surface area (Å²) in [4.78, 5) is 29.7. The minimum Gasteiger partial charge on any atom is -0.353 e. The van der Waals surface area contributed by atoms with E-state index in [1.165, 1.54) is 19.3 Å². The predicted octanol–water partition coefficient (Wildman–Crippen LogP) is 4.15. The molecule has 0 aliphatic heterocycles. The molecule has 0 saturated heterocycles. The zero-order valence-electron chi connectivity index (χ0n) is 18.8. The lowest BCUT2D eigenvalue weighted by molar-refractivity contribution is -0.133. The van der Waals surface area contributed by atoms with Crippen LogP contribution in [0.1, 0.15) is 71.4 Å². The number of nitrogens with zero attached hydrogens (tertiary/aromatic N) is 3. The Morgan fingerprint density at radius 1 is 1.21 bits per heavy atom. The molecule has 1 aliphatic carbocycles. The van der Waals surface area contributed by atoms with E-state index in [0.717, 1.165) is 31.4 Å². The van der Waals surface area contributed by atoms with Crippen LogP contribution in [0.15, 0.2) is 18.3 Å². The normalized spacial score (nSPS) is 14.8. The third-order valence-electron chi connectivity index (χ3n) is 5.67. The molecule has 6 nitrogen and oxygen atoms in total. The lowest BCUT2D eigenvalue weighted by atomic mass is 9.96. The monoisotopic (exact) mass is 404 g/mol. The highest BCUT2D eigenvalue weighted by Gasteiger charge is 2.24. The van der Waals surface area contributed by atoms with Gasteiger partial charge in [0.05, 0.1) is 6.54 Å². The molecule has 0 atom stereocenters. The molecule has 0 radical (unpaired) electrons. The molecular formula is C23H40N4O2. The Balaban J connectivity index is 2.03. The summed E-state index contributed by atoms with van der Waals surface area (Å²) < 4.78 is 2.05. The van der Waals surface area contributed by atoms with Crippen molar-refractivity contribution >= 4 is 11.9 Å². The smallest absolute Gasteiger partial charge is 0.318 e. The van der Waals surface area contributed by atoms with Crippen molar-refractivity contribution in [3.05, 3.63) is 24.0 Å². The fourth-order valence-corrected chi connectivity index (χ4v) is 3.93. The molecule has 2 rings (SSSR count). The average Bonchev–Trinajstić information content (AvgIpc) is 3.09. The van der Waals surface area contributed by atoms with Gasteiger partial charge in [-0.3, -0.25) is 4.79 Å². The van der Waals surface area contributed by atoms with Crippen molar-refractivity contribution in [1.29, 1.82) is 0 Å². The molecule has 29 heavy (non-hydrogen) atoms. The van der Waals surface area contributed by atoms with Crippen LogP contribution < -0.4 is 5.32 Å². The van der Waals surface area contributed by atoms with E-state index >= 15 is 0 Å². The predicted molar refractivity (Wildman–Crippen MR) is 118 cm³/mol. The molecule has 1 aromatic heterocycles. The SMILES string of the molecule is CCCCN(CC(=O)N(Cc1cccn1C)CC(C)C)C(=O)NC1CCCCC1. The highest BCUT2D eigenvalue weighted by atomic mass is 16.2. The summed E-state index contributed by atoms with van der Waals surface area (Å²) in [5.74, 6) is 0.397. The van der Waals surface area contributed by atoms with E-state index in [0.29, 0.717) is 25.6 Å². The Morgan fingerprint density at radius 2 is 1.93 bits per heavy atom. The fourth-order valence-electron chi connectivity index (χ4n) is 3.93. The van der Waals surface area contributed by atoms with Gasteiger partial charge in [0.15, 0.2) is 0 Å². The molecule has 1 saturated carbocycles. The summed E-state index contributed by atoms with van der Waals surface area (Å²) in [6, 6.07) is 4.22. The van der Waals surface area contributed by atoms with Crippen LogP contribution in [0, 0.1) is 5.92 Å². The van der Waals surface area contributed by atoms with Crippen molar-refractivity contribution in [3.63, 3.8) is 0 Å². The number of nitrogens with one attached hydrogen (secondary N) is 1. The van der Waals surface area contributed by atoms with Gasteiger partial charge in [0, 0.05) is 38.1 Å². The molecule has 1 fully saturated rings. The Bertz CT molecular complexity index is 635. The zero-order valence-corrected chi connectivity index (χ0v) is 18.8. The van der Waals surface area contributed by atoms with Gasteiger partial charge in [0.1, 0.15) is 6.54 Å². The van der Waals surface area contributed by atoms with Gasteiger partial charge in [0.25, 0.3) is 0 Å². The second-order valence-electron chi connectivity index (χ2n) is 8.84. The molecule has 0 bridgehead atoms. The maximum atomic E-state index is 13.2. The number of urea groups is 1. The largest absolute Gasteiger partial charge is 0.353 e. The van der Waals surface area contributed by atoms with Gasteiger partial charge in [-0.2, -0.15) is 0 Å². The van der Waals surface area contributed by atoms with E-state index in [1.54, 1.807) is 4.90 Å². The number of carbonyl (C=O) groups excluding carboxylic acids is 2. The van der Waals surface area contributed by atoms with E-state index in [9.17, 15) is 9.59 Å². The molecule has 1 heterocycles. The number of hydrogen-bond acceptors (Lipinski definition) is 2. The minimum atomic E-state index is -0.0814. The molecule has 164 valence electrons. The van der Waals surface area contributed by atoms with Gasteiger partial charge in [-0.05, 0) is 37.3 Å². The topological polar surface area (TPSA) is 57.6 Å². The first-order chi connectivity index (χ1) is 13.9. The van der Waals surface area contributed by atoms with Crippen molar-refractivity contribution in [3.8, 4) is 0 Å². The highest BCUT2D eigenvalue weighted by molar-refractivity contribution is 5.84. The van der Waals surface area contributed by atoms with Crippen LogP contribution >= 0.6 is 0 Å². The quantitative estimate of drug-likeness (QED) is 0.637. The Kier molecular flexibility index (Phi) is 9.55. The fraction of sp³-hybridized carbons (Fsp3) is 0.739. The molecule has 1 aliphatic rings. The van der Waals surface area contributed by atoms with Crippen molar-refractivity contribution in [2.75, 3.05) is 19.6 Å². The molecular weight excluding hydrogens is 364 g/mol. The van der Waals surface area contributed by atoms with Gasteiger partial charge < -0.3 is 19.7 Å². The summed E-state index contributed by atoms with van der Waals surface area (Å²) >= 11 is 0. The van der Waals surface area contributed by atoms with E-state index in [1.807, 2.05) is 34.8 Å². The third kappa shape index (κ3) is 7.75. The second-order valence-corrected chi connectivity index (χ2v) is 8.84. The number of aryl methyl sites for hydroxylation is 1. The van der Waals surface area contributed by atoms with E-state index in [2.05, 4.69) is 26.1 Å². The van der Waals surface area contributed by atoms with Crippen LogP contribution in [0.25, 0.3) is 0 Å². The summed E-state index contributed by atoms with van der Waals surface area (Å²) in [6.07, 6.45) is 9.62. The number of aromatic nitrogens is 1. The van der Waals surface area contributed by atoms with Crippen LogP contribution in [-0.2, 0) is 18.4 Å². The standard InChI is InChI=1S/C23H40N4O2/c1-5-6-15-26(23(29)24-20-11-8-7-9-12-20)18-22(28)27(16-19(2)3)17-21-13-10-14-25(21)4/h10,13-14,19-20H,5-9,11-12,15-18H2,1-4H3,(H,24,29). The first-order valence-electron chi connectivity index (χ1n) is 11.3. The van der Waals surface area contributed by atoms with Crippen molar-refractivity contribution in [2.45, 2.75) is 78.3 Å². The highest BCUT2D eigenvalue weighted by Crippen LogP contribution is 2.18. The molecule has 3 amide bonds. The Hall–Kier alpha value is -1.98. The van der Waals surface area contributed by atoms with Crippen molar-refractivity contribution < 1.29 is 9.59 Å². The lowest BCUT2D eigenvalue weighted by Gasteiger charge is -2.31. The molecule has 0 spiro atoms. The number of rotatable bonds is 10. The van der Waals surface area contributed by atoms with Gasteiger partial charge in [0.2, 0.25) is 5.91 Å². The Labute approximate surface area is 176 Å². The van der Waals surface area contributed by atoms with E-state index < -0.39 is 0 Å². The van der Waals surface area contributed by atoms with Crippen LogP contribution in [0.5, 0.6) is 0 Å². The number of hydrogen-bond donors (Lipinski definition) is 1. The summed E-state index contributed by atoms with van der Waals surface area (Å²) in [5.41, 5.74) is 1.10. The molecule has 6 heteroatoms. The van der Waals surface area contributed by atoms with Crippen molar-refractivity contribution in [1.82, 2.24) is 19.7 Å². The van der Waals surface area contributed by atoms with E-state index in [-0.39, 0.29) is 24.5 Å². The van der Waals surface area contributed by atoms with Crippen LogP contribution in [0.4, 0.5) is 4.79 Å². The van der Waals surface area contributed by atoms with Crippen molar-refractivity contribution in [2.24, 2.45) is 13.0 Å². The van der Waals surface area contributed by atoms with Gasteiger partial charge in [-0.25, -0.2) is 4.79 Å². The Morgan fingerprint density at radius 3 is 2.52 bits per heavy atom. The number of amides is 3. The second kappa shape index (κ2) is 11.9. The summed E-state index contributed by atoms with van der Waals surface area (Å²) in [5, 5.41) is 3.18. The maximum absolute atomic E-state index is 13.2.